The Bertz CT molecular complexity index is 426. The number of ether oxygens (including phenoxy) is 1. The van der Waals surface area contributed by atoms with E-state index >= 15 is 0 Å². The van der Waals surface area contributed by atoms with E-state index in [4.69, 9.17) is 21.6 Å². The lowest BCUT2D eigenvalue weighted by Gasteiger charge is -2.06. The molecule has 14 heavy (non-hydrogen) atoms. The SMILES string of the molecule is COc1c(C(=O)Cl)ccc(F)c1C#N. The molecule has 0 unspecified atom stereocenters. The molecule has 0 atom stereocenters. The first-order valence-electron chi connectivity index (χ1n) is 3.58. The molecule has 72 valence electrons. The van der Waals surface area contributed by atoms with E-state index in [2.05, 4.69) is 0 Å². The topological polar surface area (TPSA) is 50.1 Å². The van der Waals surface area contributed by atoms with Gasteiger partial charge in [-0.25, -0.2) is 4.39 Å². The summed E-state index contributed by atoms with van der Waals surface area (Å²) in [4.78, 5) is 10.9. The van der Waals surface area contributed by atoms with Crippen molar-refractivity contribution in [2.75, 3.05) is 7.11 Å². The van der Waals surface area contributed by atoms with Crippen molar-refractivity contribution in [3.63, 3.8) is 0 Å². The Labute approximate surface area is 84.7 Å². The van der Waals surface area contributed by atoms with E-state index in [-0.39, 0.29) is 16.9 Å². The summed E-state index contributed by atoms with van der Waals surface area (Å²) in [7, 11) is 1.24. The molecule has 0 aliphatic rings. The van der Waals surface area contributed by atoms with Crippen LogP contribution >= 0.6 is 11.6 Å². The van der Waals surface area contributed by atoms with Crippen LogP contribution in [0.25, 0.3) is 0 Å². The van der Waals surface area contributed by atoms with Crippen molar-refractivity contribution in [1.82, 2.24) is 0 Å². The monoisotopic (exact) mass is 213 g/mol. The third-order valence-electron chi connectivity index (χ3n) is 1.63. The molecule has 1 rings (SSSR count). The smallest absolute Gasteiger partial charge is 0.256 e. The molecule has 0 bridgehead atoms. The third kappa shape index (κ3) is 1.68. The number of benzene rings is 1. The summed E-state index contributed by atoms with van der Waals surface area (Å²) in [5.74, 6) is -0.876. The molecular formula is C9H5ClFNO2. The lowest BCUT2D eigenvalue weighted by molar-refractivity contribution is 0.107. The van der Waals surface area contributed by atoms with Crippen LogP contribution < -0.4 is 4.74 Å². The summed E-state index contributed by atoms with van der Waals surface area (Å²) < 4.78 is 17.8. The fourth-order valence-corrected chi connectivity index (χ4v) is 1.18. The minimum absolute atomic E-state index is 0.0212. The second-order valence-corrected chi connectivity index (χ2v) is 2.73. The molecule has 0 amide bonds. The number of methoxy groups -OCH3 is 1. The normalized spacial score (nSPS) is 9.29. The Morgan fingerprint density at radius 2 is 2.29 bits per heavy atom. The molecule has 0 spiro atoms. The van der Waals surface area contributed by atoms with Crippen LogP contribution in [0.4, 0.5) is 4.39 Å². The Balaban J connectivity index is 3.50. The number of carbonyl (C=O) groups excluding carboxylic acids is 1. The summed E-state index contributed by atoms with van der Waals surface area (Å²) in [6.07, 6.45) is 0. The number of carbonyl (C=O) groups is 1. The fourth-order valence-electron chi connectivity index (χ4n) is 1.03. The second kappa shape index (κ2) is 4.07. The highest BCUT2D eigenvalue weighted by Crippen LogP contribution is 2.26. The highest BCUT2D eigenvalue weighted by molar-refractivity contribution is 6.68. The zero-order chi connectivity index (χ0) is 10.7. The van der Waals surface area contributed by atoms with E-state index in [1.807, 2.05) is 0 Å². The van der Waals surface area contributed by atoms with Gasteiger partial charge in [0.05, 0.1) is 12.7 Å². The first kappa shape index (κ1) is 10.5. The maximum Gasteiger partial charge on any atom is 0.256 e. The zero-order valence-electron chi connectivity index (χ0n) is 7.17. The van der Waals surface area contributed by atoms with Gasteiger partial charge in [0.2, 0.25) is 0 Å². The lowest BCUT2D eigenvalue weighted by atomic mass is 10.1. The Kier molecular flexibility index (Phi) is 3.05. The summed E-state index contributed by atoms with van der Waals surface area (Å²) in [5.41, 5.74) is -0.342. The molecule has 0 saturated heterocycles. The van der Waals surface area contributed by atoms with Crippen LogP contribution in [0.1, 0.15) is 15.9 Å². The van der Waals surface area contributed by atoms with Gasteiger partial charge in [-0.3, -0.25) is 4.79 Å². The van der Waals surface area contributed by atoms with Gasteiger partial charge in [0.1, 0.15) is 17.4 Å². The number of hydrogen-bond donors (Lipinski definition) is 0. The van der Waals surface area contributed by atoms with Crippen molar-refractivity contribution < 1.29 is 13.9 Å². The quantitative estimate of drug-likeness (QED) is 0.707. The minimum atomic E-state index is -0.793. The van der Waals surface area contributed by atoms with Crippen molar-refractivity contribution in [3.8, 4) is 11.8 Å². The average Bonchev–Trinajstić information content (AvgIpc) is 2.16. The molecule has 0 fully saturated rings. The van der Waals surface area contributed by atoms with Crippen molar-refractivity contribution >= 4 is 16.8 Å². The molecule has 0 radical (unpaired) electrons. The maximum absolute atomic E-state index is 13.0. The maximum atomic E-state index is 13.0. The highest BCUT2D eigenvalue weighted by atomic mass is 35.5. The number of nitrogens with zero attached hydrogens (tertiary/aromatic N) is 1. The van der Waals surface area contributed by atoms with Gasteiger partial charge in [0, 0.05) is 0 Å². The average molecular weight is 214 g/mol. The molecular weight excluding hydrogens is 209 g/mol. The summed E-state index contributed by atoms with van der Waals surface area (Å²) in [5, 5.41) is 7.82. The van der Waals surface area contributed by atoms with Crippen LogP contribution in [0, 0.1) is 17.1 Å². The van der Waals surface area contributed by atoms with Crippen LogP contribution in [0.3, 0.4) is 0 Å². The van der Waals surface area contributed by atoms with Crippen molar-refractivity contribution in [1.29, 1.82) is 5.26 Å². The Morgan fingerprint density at radius 1 is 1.64 bits per heavy atom. The minimum Gasteiger partial charge on any atom is -0.494 e. The molecule has 1 aromatic carbocycles. The van der Waals surface area contributed by atoms with E-state index in [0.717, 1.165) is 6.07 Å². The van der Waals surface area contributed by atoms with Crippen LogP contribution in [0.2, 0.25) is 0 Å². The lowest BCUT2D eigenvalue weighted by Crippen LogP contribution is -2.00. The highest BCUT2D eigenvalue weighted by Gasteiger charge is 2.17. The van der Waals surface area contributed by atoms with Gasteiger partial charge in [0.15, 0.2) is 5.75 Å². The van der Waals surface area contributed by atoms with E-state index in [0.29, 0.717) is 0 Å². The molecule has 0 aliphatic carbocycles. The Hall–Kier alpha value is -1.60. The van der Waals surface area contributed by atoms with Gasteiger partial charge in [-0.05, 0) is 23.7 Å². The molecule has 5 heteroatoms. The summed E-state index contributed by atoms with van der Waals surface area (Å²) in [6.45, 7) is 0. The van der Waals surface area contributed by atoms with Gasteiger partial charge in [-0.1, -0.05) is 0 Å². The molecule has 0 aliphatic heterocycles. The van der Waals surface area contributed by atoms with Gasteiger partial charge >= 0.3 is 0 Å². The number of rotatable bonds is 2. The van der Waals surface area contributed by atoms with E-state index in [1.54, 1.807) is 6.07 Å². The molecule has 0 saturated carbocycles. The molecule has 0 aromatic heterocycles. The van der Waals surface area contributed by atoms with Crippen LogP contribution in [-0.4, -0.2) is 12.4 Å². The van der Waals surface area contributed by atoms with Gasteiger partial charge in [0.25, 0.3) is 5.24 Å². The first-order valence-corrected chi connectivity index (χ1v) is 3.96. The fraction of sp³-hybridized carbons (Fsp3) is 0.111. The van der Waals surface area contributed by atoms with Gasteiger partial charge < -0.3 is 4.74 Å². The standard InChI is InChI=1S/C9H5ClFNO2/c1-14-8-5(9(10)13)2-3-7(11)6(8)4-12/h2-3H,1H3. The summed E-state index contributed by atoms with van der Waals surface area (Å²) in [6, 6.07) is 3.77. The van der Waals surface area contributed by atoms with Crippen molar-refractivity contribution in [2.45, 2.75) is 0 Å². The van der Waals surface area contributed by atoms with Crippen LogP contribution in [-0.2, 0) is 0 Å². The zero-order valence-corrected chi connectivity index (χ0v) is 7.93. The predicted molar refractivity (Wildman–Crippen MR) is 47.9 cm³/mol. The van der Waals surface area contributed by atoms with Gasteiger partial charge in [-0.2, -0.15) is 5.26 Å². The number of halogens is 2. The summed E-state index contributed by atoms with van der Waals surface area (Å²) >= 11 is 5.22. The second-order valence-electron chi connectivity index (χ2n) is 2.39. The number of nitriles is 1. The van der Waals surface area contributed by atoms with E-state index in [1.165, 1.54) is 13.2 Å². The molecule has 3 nitrogen and oxygen atoms in total. The third-order valence-corrected chi connectivity index (χ3v) is 1.84. The molecule has 0 heterocycles. The largest absolute Gasteiger partial charge is 0.494 e. The number of hydrogen-bond acceptors (Lipinski definition) is 3. The van der Waals surface area contributed by atoms with E-state index in [9.17, 15) is 9.18 Å². The predicted octanol–water partition coefficient (Wildman–Crippen LogP) is 2.08. The first-order chi connectivity index (χ1) is 6.61. The van der Waals surface area contributed by atoms with Gasteiger partial charge in [-0.15, -0.1) is 0 Å². The Morgan fingerprint density at radius 3 is 2.71 bits per heavy atom. The molecule has 0 N–H and O–H groups in total. The van der Waals surface area contributed by atoms with E-state index < -0.39 is 11.1 Å². The van der Waals surface area contributed by atoms with Crippen molar-refractivity contribution in [2.24, 2.45) is 0 Å². The molecule has 1 aromatic rings. The van der Waals surface area contributed by atoms with Crippen molar-refractivity contribution in [3.05, 3.63) is 29.1 Å². The van der Waals surface area contributed by atoms with Crippen LogP contribution in [0.15, 0.2) is 12.1 Å². The van der Waals surface area contributed by atoms with Crippen LogP contribution in [0.5, 0.6) is 5.75 Å².